The fourth-order valence-corrected chi connectivity index (χ4v) is 21.5. The van der Waals surface area contributed by atoms with Crippen molar-refractivity contribution in [2.24, 2.45) is 0 Å². The minimum absolute atomic E-state index is 0.631. The highest BCUT2D eigenvalue weighted by Crippen LogP contribution is 2.30. The molecule has 0 aromatic heterocycles. The van der Waals surface area contributed by atoms with Gasteiger partial charge in [-0.25, -0.2) is 0 Å². The highest BCUT2D eigenvalue weighted by molar-refractivity contribution is 6.86. The highest BCUT2D eigenvalue weighted by atomic mass is 28.4. The zero-order valence-electron chi connectivity index (χ0n) is 19.7. The Labute approximate surface area is 173 Å². The van der Waals surface area contributed by atoms with Gasteiger partial charge in [-0.15, -0.1) is 0 Å². The molecule has 0 fully saturated rings. The molecule has 5 nitrogen and oxygen atoms in total. The van der Waals surface area contributed by atoms with Crippen LogP contribution in [-0.4, -0.2) is 60.2 Å². The van der Waals surface area contributed by atoms with Crippen LogP contribution in [0.3, 0.4) is 0 Å². The topological polar surface area (TPSA) is 46.2 Å². The van der Waals surface area contributed by atoms with Crippen LogP contribution in [0.15, 0.2) is 0 Å². The third-order valence-corrected chi connectivity index (χ3v) is 18.4. The molecule has 0 aromatic carbocycles. The van der Waals surface area contributed by atoms with Crippen molar-refractivity contribution in [2.75, 3.05) is 26.4 Å². The third-order valence-electron chi connectivity index (χ3n) is 4.54. The van der Waals surface area contributed by atoms with Gasteiger partial charge in [0.25, 0.3) is 0 Å². The summed E-state index contributed by atoms with van der Waals surface area (Å²) in [6.45, 7) is 24.8. The van der Waals surface area contributed by atoms with Gasteiger partial charge in [-0.05, 0) is 85.1 Å². The minimum atomic E-state index is -2.58. The first-order valence-corrected chi connectivity index (χ1v) is 21.9. The SMILES string of the molecule is CCO[Si](C)(C)CC[Si](C)(C)O[Si](C)(C)CC[Si](OCC)(OCC)OCC. The van der Waals surface area contributed by atoms with E-state index in [1.807, 2.05) is 20.8 Å². The molecule has 0 bridgehead atoms. The molecule has 0 rings (SSSR count). The summed E-state index contributed by atoms with van der Waals surface area (Å²) in [7, 11) is -7.67. The first kappa shape index (κ1) is 27.7. The van der Waals surface area contributed by atoms with Crippen molar-refractivity contribution in [3.05, 3.63) is 0 Å². The Bertz CT molecular complexity index is 388. The van der Waals surface area contributed by atoms with Gasteiger partial charge in [0.15, 0.2) is 25.0 Å². The van der Waals surface area contributed by atoms with Gasteiger partial charge in [-0.2, -0.15) is 0 Å². The molecule has 0 aliphatic carbocycles. The van der Waals surface area contributed by atoms with E-state index in [0.29, 0.717) is 19.8 Å². The van der Waals surface area contributed by atoms with Gasteiger partial charge in [0.1, 0.15) is 0 Å². The van der Waals surface area contributed by atoms with Crippen LogP contribution in [0.5, 0.6) is 0 Å². The molecule has 0 N–H and O–H groups in total. The maximum absolute atomic E-state index is 6.83. The van der Waals surface area contributed by atoms with Gasteiger partial charge < -0.3 is 21.8 Å². The maximum Gasteiger partial charge on any atom is 0.500 e. The third kappa shape index (κ3) is 12.1. The van der Waals surface area contributed by atoms with Gasteiger partial charge in [-0.1, -0.05) is 0 Å². The molecule has 0 aliphatic rings. The van der Waals surface area contributed by atoms with E-state index in [1.165, 1.54) is 12.1 Å². The van der Waals surface area contributed by atoms with E-state index < -0.39 is 33.8 Å². The van der Waals surface area contributed by atoms with Crippen molar-refractivity contribution in [3.63, 3.8) is 0 Å². The summed E-state index contributed by atoms with van der Waals surface area (Å²) in [5.41, 5.74) is 0. The van der Waals surface area contributed by atoms with Crippen LogP contribution in [0.1, 0.15) is 27.7 Å². The predicted octanol–water partition coefficient (Wildman–Crippen LogP) is 5.70. The highest BCUT2D eigenvalue weighted by Gasteiger charge is 2.44. The Morgan fingerprint density at radius 1 is 0.444 bits per heavy atom. The summed E-state index contributed by atoms with van der Waals surface area (Å²) < 4.78 is 30.9. The van der Waals surface area contributed by atoms with E-state index in [-0.39, 0.29) is 0 Å². The van der Waals surface area contributed by atoms with Crippen molar-refractivity contribution in [2.45, 2.75) is 91.2 Å². The lowest BCUT2D eigenvalue weighted by molar-refractivity contribution is 0.0723. The van der Waals surface area contributed by atoms with E-state index in [1.54, 1.807) is 0 Å². The van der Waals surface area contributed by atoms with Gasteiger partial charge in [0.2, 0.25) is 0 Å². The van der Waals surface area contributed by atoms with Crippen molar-refractivity contribution in [1.82, 2.24) is 0 Å². The van der Waals surface area contributed by atoms with Gasteiger partial charge in [-0.3, -0.25) is 0 Å². The molecule has 0 spiro atoms. The van der Waals surface area contributed by atoms with Crippen molar-refractivity contribution < 1.29 is 21.8 Å². The summed E-state index contributed by atoms with van der Waals surface area (Å²) in [6, 6.07) is 4.22. The molecule has 0 atom stereocenters. The molecule has 0 heterocycles. The molecular formula is C18H46O5Si4. The summed E-state index contributed by atoms with van der Waals surface area (Å²) in [4.78, 5) is 0. The molecule has 9 heteroatoms. The Morgan fingerprint density at radius 3 is 1.15 bits per heavy atom. The summed E-state index contributed by atoms with van der Waals surface area (Å²) in [5.74, 6) is 0. The lowest BCUT2D eigenvalue weighted by Gasteiger charge is -2.37. The quantitative estimate of drug-likeness (QED) is 0.280. The second-order valence-corrected chi connectivity index (χ2v) is 24.7. The van der Waals surface area contributed by atoms with E-state index in [9.17, 15) is 0 Å². The molecule has 0 unspecified atom stereocenters. The zero-order valence-corrected chi connectivity index (χ0v) is 23.7. The molecule has 0 saturated heterocycles. The van der Waals surface area contributed by atoms with Gasteiger partial charge >= 0.3 is 8.80 Å². The van der Waals surface area contributed by atoms with Crippen molar-refractivity contribution >= 4 is 33.8 Å². The maximum atomic E-state index is 6.83. The molecule has 0 aromatic rings. The first-order chi connectivity index (χ1) is 12.4. The molecule has 0 aliphatic heterocycles. The average Bonchev–Trinajstić information content (AvgIpc) is 2.51. The predicted molar refractivity (Wildman–Crippen MR) is 125 cm³/mol. The van der Waals surface area contributed by atoms with E-state index in [0.717, 1.165) is 18.7 Å². The van der Waals surface area contributed by atoms with Crippen molar-refractivity contribution in [3.8, 4) is 0 Å². The molecule has 164 valence electrons. The lowest BCUT2D eigenvalue weighted by Crippen LogP contribution is -2.50. The van der Waals surface area contributed by atoms with E-state index >= 15 is 0 Å². The second kappa shape index (κ2) is 12.4. The Kier molecular flexibility index (Phi) is 12.7. The number of hydrogen-bond acceptors (Lipinski definition) is 5. The summed E-state index contributed by atoms with van der Waals surface area (Å²) >= 11 is 0. The standard InChI is InChI=1S/C18H46O5Si4/c1-11-19-24(5,6)15-16-25(7,8)23-26(9,10)17-18-27(20-12-2,21-13-3)22-14-4/h11-18H2,1-10H3. The van der Waals surface area contributed by atoms with Crippen molar-refractivity contribution in [1.29, 1.82) is 0 Å². The van der Waals surface area contributed by atoms with Crippen LogP contribution in [-0.2, 0) is 21.8 Å². The van der Waals surface area contributed by atoms with E-state index in [4.69, 9.17) is 21.8 Å². The van der Waals surface area contributed by atoms with Crippen LogP contribution < -0.4 is 0 Å². The van der Waals surface area contributed by atoms with E-state index in [2.05, 4.69) is 46.2 Å². The Hall–Kier alpha value is 0.668. The largest absolute Gasteiger partial charge is 0.500 e. The number of rotatable bonds is 16. The fraction of sp³-hybridized carbons (Fsp3) is 1.00. The normalized spacial score (nSPS) is 14.0. The van der Waals surface area contributed by atoms with Crippen LogP contribution >= 0.6 is 0 Å². The van der Waals surface area contributed by atoms with Crippen LogP contribution in [0, 0.1) is 0 Å². The second-order valence-electron chi connectivity index (χ2n) is 8.80. The Balaban J connectivity index is 4.87. The van der Waals surface area contributed by atoms with Gasteiger partial charge in [0, 0.05) is 32.5 Å². The van der Waals surface area contributed by atoms with Crippen LogP contribution in [0.4, 0.5) is 0 Å². The minimum Gasteiger partial charge on any atom is -0.456 e. The smallest absolute Gasteiger partial charge is 0.456 e. The molecule has 27 heavy (non-hydrogen) atoms. The number of hydrogen-bond donors (Lipinski definition) is 0. The fourth-order valence-electron chi connectivity index (χ4n) is 3.37. The molecule has 0 radical (unpaired) electrons. The Morgan fingerprint density at radius 2 is 0.778 bits per heavy atom. The molecule has 0 saturated carbocycles. The van der Waals surface area contributed by atoms with Crippen LogP contribution in [0.2, 0.25) is 63.5 Å². The first-order valence-electron chi connectivity index (χ1n) is 10.6. The average molecular weight is 455 g/mol. The molecule has 0 amide bonds. The zero-order chi connectivity index (χ0) is 21.2. The van der Waals surface area contributed by atoms with Gasteiger partial charge in [0.05, 0.1) is 0 Å². The van der Waals surface area contributed by atoms with Crippen LogP contribution in [0.25, 0.3) is 0 Å². The molecular weight excluding hydrogens is 409 g/mol. The lowest BCUT2D eigenvalue weighted by atomic mass is 10.9. The summed E-state index contributed by atoms with van der Waals surface area (Å²) in [5, 5.41) is 0. The monoisotopic (exact) mass is 454 g/mol. The summed E-state index contributed by atoms with van der Waals surface area (Å²) in [6.07, 6.45) is 0.